The molecule has 0 atom stereocenters. The fraction of sp³-hybridized carbons (Fsp3) is 0.174. The lowest BCUT2D eigenvalue weighted by molar-refractivity contribution is 0.524. The number of fused-ring (bicyclic) bond motifs is 6. The molecular formula is C46H41N. The van der Waals surface area contributed by atoms with E-state index in [4.69, 9.17) is 0 Å². The van der Waals surface area contributed by atoms with E-state index in [1.54, 1.807) is 0 Å². The van der Waals surface area contributed by atoms with Crippen LogP contribution in [0.5, 0.6) is 0 Å². The predicted octanol–water partition coefficient (Wildman–Crippen LogP) is 12.6. The third kappa shape index (κ3) is 5.02. The number of aromatic nitrogens is 1. The molecule has 1 nitrogen and oxygen atoms in total. The number of nitrogens with zero attached hydrogens (tertiary/aromatic N) is 1. The van der Waals surface area contributed by atoms with Gasteiger partial charge in [-0.05, 0) is 90.9 Å². The Morgan fingerprint density at radius 1 is 0.447 bits per heavy atom. The van der Waals surface area contributed by atoms with Gasteiger partial charge in [0.25, 0.3) is 0 Å². The Labute approximate surface area is 278 Å². The summed E-state index contributed by atoms with van der Waals surface area (Å²) in [6.07, 6.45) is 0.958. The molecule has 1 aromatic heterocycles. The highest BCUT2D eigenvalue weighted by Crippen LogP contribution is 2.39. The fourth-order valence-corrected chi connectivity index (χ4v) is 7.70. The first-order chi connectivity index (χ1) is 22.7. The lowest BCUT2D eigenvalue weighted by Gasteiger charge is -2.27. The van der Waals surface area contributed by atoms with Crippen molar-refractivity contribution in [1.82, 2.24) is 4.57 Å². The Bertz CT molecular complexity index is 2430. The first kappa shape index (κ1) is 29.3. The lowest BCUT2D eigenvalue weighted by Crippen LogP contribution is -2.20. The molecule has 230 valence electrons. The topological polar surface area (TPSA) is 4.93 Å². The summed E-state index contributed by atoms with van der Waals surface area (Å²) in [6, 6.07) is 54.0. The van der Waals surface area contributed by atoms with Crippen LogP contribution >= 0.6 is 0 Å². The quantitative estimate of drug-likeness (QED) is 0.172. The first-order valence-corrected chi connectivity index (χ1v) is 16.8. The molecule has 0 fully saturated rings. The minimum absolute atomic E-state index is 0.0600. The second kappa shape index (κ2) is 11.0. The maximum absolute atomic E-state index is 2.41. The van der Waals surface area contributed by atoms with Crippen LogP contribution in [-0.2, 0) is 17.3 Å². The van der Waals surface area contributed by atoms with Gasteiger partial charge in [-0.25, -0.2) is 0 Å². The van der Waals surface area contributed by atoms with Gasteiger partial charge >= 0.3 is 0 Å². The van der Waals surface area contributed by atoms with Gasteiger partial charge < -0.3 is 4.57 Å². The van der Waals surface area contributed by atoms with E-state index in [1.807, 2.05) is 0 Å². The molecule has 0 aliphatic carbocycles. The molecule has 0 radical (unpaired) electrons. The normalized spacial score (nSPS) is 12.4. The largest absolute Gasteiger partial charge is 0.309 e. The van der Waals surface area contributed by atoms with Crippen molar-refractivity contribution in [3.05, 3.63) is 162 Å². The molecule has 0 aliphatic heterocycles. The van der Waals surface area contributed by atoms with Crippen LogP contribution in [0.2, 0.25) is 0 Å². The van der Waals surface area contributed by atoms with Crippen molar-refractivity contribution in [2.75, 3.05) is 0 Å². The second-order valence-electron chi connectivity index (χ2n) is 14.8. The molecule has 0 spiro atoms. The molecule has 0 aliphatic rings. The summed E-state index contributed by atoms with van der Waals surface area (Å²) >= 11 is 0. The van der Waals surface area contributed by atoms with Crippen LogP contribution in [0.3, 0.4) is 0 Å². The van der Waals surface area contributed by atoms with Gasteiger partial charge in [-0.15, -0.1) is 0 Å². The van der Waals surface area contributed by atoms with Gasteiger partial charge in [0.2, 0.25) is 0 Å². The summed E-state index contributed by atoms with van der Waals surface area (Å²) in [5.74, 6) is 0. The highest BCUT2D eigenvalue weighted by atomic mass is 15.0. The zero-order chi connectivity index (χ0) is 32.3. The van der Waals surface area contributed by atoms with Gasteiger partial charge in [-0.2, -0.15) is 0 Å². The highest BCUT2D eigenvalue weighted by molar-refractivity contribution is 6.11. The molecule has 0 amide bonds. The van der Waals surface area contributed by atoms with E-state index in [-0.39, 0.29) is 10.8 Å². The van der Waals surface area contributed by atoms with Crippen molar-refractivity contribution in [2.24, 2.45) is 0 Å². The van der Waals surface area contributed by atoms with Gasteiger partial charge in [-0.1, -0.05) is 156 Å². The maximum atomic E-state index is 2.41. The molecule has 0 N–H and O–H groups in total. The molecule has 47 heavy (non-hydrogen) atoms. The molecule has 8 aromatic rings. The second-order valence-corrected chi connectivity index (χ2v) is 14.8. The minimum atomic E-state index is -0.0600. The summed E-state index contributed by atoms with van der Waals surface area (Å²) in [4.78, 5) is 0. The Kier molecular flexibility index (Phi) is 6.84. The molecule has 0 bridgehead atoms. The van der Waals surface area contributed by atoms with Crippen molar-refractivity contribution in [3.8, 4) is 16.8 Å². The third-order valence-electron chi connectivity index (χ3n) is 10.1. The molecule has 8 rings (SSSR count). The van der Waals surface area contributed by atoms with Crippen LogP contribution in [0.4, 0.5) is 0 Å². The lowest BCUT2D eigenvalue weighted by atomic mass is 9.77. The van der Waals surface area contributed by atoms with E-state index in [0.717, 1.165) is 6.42 Å². The highest BCUT2D eigenvalue weighted by Gasteiger charge is 2.24. The summed E-state index contributed by atoms with van der Waals surface area (Å²) in [5.41, 5.74) is 10.3. The van der Waals surface area contributed by atoms with Crippen molar-refractivity contribution < 1.29 is 0 Å². The number of hydrogen-bond donors (Lipinski definition) is 0. The molecule has 0 unspecified atom stereocenters. The summed E-state index contributed by atoms with van der Waals surface area (Å²) in [7, 11) is 0. The smallest absolute Gasteiger partial charge is 0.0547 e. The Morgan fingerprint density at radius 2 is 1.06 bits per heavy atom. The summed E-state index contributed by atoms with van der Waals surface area (Å²) < 4.78 is 2.40. The SMILES string of the molecule is CC(C)(C)c1cccc2c1ccc1c(CC(C)(C)c3cccc(-c4ccc5c6ccccc6n(-c6ccccc6)c5c4)c3)cccc12. The van der Waals surface area contributed by atoms with E-state index >= 15 is 0 Å². The Morgan fingerprint density at radius 3 is 1.87 bits per heavy atom. The van der Waals surface area contributed by atoms with Gasteiger partial charge in [0.1, 0.15) is 0 Å². The van der Waals surface area contributed by atoms with Crippen LogP contribution in [-0.4, -0.2) is 4.57 Å². The number of benzene rings is 7. The van der Waals surface area contributed by atoms with Gasteiger partial charge in [0, 0.05) is 16.5 Å². The van der Waals surface area contributed by atoms with Crippen LogP contribution < -0.4 is 0 Å². The van der Waals surface area contributed by atoms with E-state index in [1.165, 1.54) is 76.9 Å². The number of rotatable bonds is 5. The van der Waals surface area contributed by atoms with E-state index in [9.17, 15) is 0 Å². The van der Waals surface area contributed by atoms with Crippen LogP contribution in [0.25, 0.3) is 60.2 Å². The molecule has 7 aromatic carbocycles. The maximum Gasteiger partial charge on any atom is 0.0547 e. The monoisotopic (exact) mass is 607 g/mol. The summed E-state index contributed by atoms with van der Waals surface area (Å²) in [5, 5.41) is 7.97. The average Bonchev–Trinajstić information content (AvgIpc) is 3.41. The predicted molar refractivity (Wildman–Crippen MR) is 203 cm³/mol. The third-order valence-corrected chi connectivity index (χ3v) is 10.1. The summed E-state index contributed by atoms with van der Waals surface area (Å²) in [6.45, 7) is 11.7. The number of hydrogen-bond acceptors (Lipinski definition) is 0. The molecule has 0 saturated carbocycles. The minimum Gasteiger partial charge on any atom is -0.309 e. The van der Waals surface area contributed by atoms with Gasteiger partial charge in [0.15, 0.2) is 0 Å². The standard InChI is InChI=1S/C46H41N/c1-45(2,3)42-22-13-21-38-37-20-12-15-33(36(37)26-27-39(38)42)30-46(4,5)34-16-11-14-31(28-34)32-24-25-41-40-19-9-10-23-43(40)47(44(41)29-32)35-17-7-6-8-18-35/h6-29H,30H2,1-5H3. The Balaban J connectivity index is 1.19. The van der Waals surface area contributed by atoms with E-state index < -0.39 is 0 Å². The Hall–Kier alpha value is -5.14. The number of para-hydroxylation sites is 2. The average molecular weight is 608 g/mol. The van der Waals surface area contributed by atoms with Gasteiger partial charge in [-0.3, -0.25) is 0 Å². The van der Waals surface area contributed by atoms with Crippen LogP contribution in [0.1, 0.15) is 51.3 Å². The zero-order valence-corrected chi connectivity index (χ0v) is 28.0. The van der Waals surface area contributed by atoms with Crippen molar-refractivity contribution in [3.63, 3.8) is 0 Å². The zero-order valence-electron chi connectivity index (χ0n) is 28.0. The molecule has 1 heteroatoms. The van der Waals surface area contributed by atoms with Crippen molar-refractivity contribution in [2.45, 2.75) is 51.9 Å². The van der Waals surface area contributed by atoms with E-state index in [2.05, 4.69) is 185 Å². The fourth-order valence-electron chi connectivity index (χ4n) is 7.70. The van der Waals surface area contributed by atoms with Crippen LogP contribution in [0.15, 0.2) is 146 Å². The van der Waals surface area contributed by atoms with Gasteiger partial charge in [0.05, 0.1) is 11.0 Å². The van der Waals surface area contributed by atoms with Crippen molar-refractivity contribution >= 4 is 43.4 Å². The first-order valence-electron chi connectivity index (χ1n) is 16.8. The van der Waals surface area contributed by atoms with Crippen molar-refractivity contribution in [1.29, 1.82) is 0 Å². The van der Waals surface area contributed by atoms with Crippen LogP contribution in [0, 0.1) is 0 Å². The molecular weight excluding hydrogens is 567 g/mol. The molecule has 0 saturated heterocycles. The molecule has 1 heterocycles. The van der Waals surface area contributed by atoms with E-state index in [0.29, 0.717) is 0 Å².